The summed E-state index contributed by atoms with van der Waals surface area (Å²) in [4.78, 5) is 0. The van der Waals surface area contributed by atoms with Crippen LogP contribution in [0.3, 0.4) is 0 Å². The molecule has 124 valence electrons. The molecule has 0 aliphatic carbocycles. The number of aryl methyl sites for hydroxylation is 1. The van der Waals surface area contributed by atoms with E-state index in [4.69, 9.17) is 4.74 Å². The summed E-state index contributed by atoms with van der Waals surface area (Å²) in [6.45, 7) is 7.08. The maximum Gasteiger partial charge on any atom is 0.119 e. The number of hydrogen-bond donors (Lipinski definition) is 1. The zero-order valence-electron chi connectivity index (χ0n) is 14.5. The number of unbranched alkanes of at least 4 members (excludes halogenated alkanes) is 2. The molecule has 2 aromatic rings. The van der Waals surface area contributed by atoms with Crippen LogP contribution in [0.5, 0.6) is 5.75 Å². The summed E-state index contributed by atoms with van der Waals surface area (Å²) >= 11 is 0. The van der Waals surface area contributed by atoms with Crippen LogP contribution in [0.25, 0.3) is 0 Å². The molecule has 2 heteroatoms. The van der Waals surface area contributed by atoms with Gasteiger partial charge in [-0.2, -0.15) is 0 Å². The molecule has 2 rings (SSSR count). The lowest BCUT2D eigenvalue weighted by atomic mass is 10.1. The third-order valence-corrected chi connectivity index (χ3v) is 4.08. The van der Waals surface area contributed by atoms with Crippen molar-refractivity contribution in [2.45, 2.75) is 46.1 Å². The van der Waals surface area contributed by atoms with Crippen LogP contribution in [-0.4, -0.2) is 13.2 Å². The van der Waals surface area contributed by atoms with Gasteiger partial charge in [-0.25, -0.2) is 0 Å². The van der Waals surface area contributed by atoms with Crippen molar-refractivity contribution in [3.8, 4) is 5.75 Å². The summed E-state index contributed by atoms with van der Waals surface area (Å²) in [6.07, 6.45) is 4.67. The molecule has 0 aliphatic heterocycles. The van der Waals surface area contributed by atoms with Crippen LogP contribution in [0, 0.1) is 6.92 Å². The summed E-state index contributed by atoms with van der Waals surface area (Å²) in [6, 6.07) is 17.0. The smallest absolute Gasteiger partial charge is 0.119 e. The Morgan fingerprint density at radius 2 is 1.87 bits per heavy atom. The van der Waals surface area contributed by atoms with Crippen molar-refractivity contribution in [3.63, 3.8) is 0 Å². The van der Waals surface area contributed by atoms with Gasteiger partial charge in [-0.15, -0.1) is 0 Å². The highest BCUT2D eigenvalue weighted by atomic mass is 16.5. The van der Waals surface area contributed by atoms with E-state index in [1.165, 1.54) is 29.5 Å². The first-order chi connectivity index (χ1) is 11.3. The molecule has 0 radical (unpaired) electrons. The van der Waals surface area contributed by atoms with Gasteiger partial charge in [0.25, 0.3) is 0 Å². The van der Waals surface area contributed by atoms with E-state index < -0.39 is 0 Å². The van der Waals surface area contributed by atoms with Crippen LogP contribution >= 0.6 is 0 Å². The molecule has 0 heterocycles. The predicted octanol–water partition coefficient (Wildman–Crippen LogP) is 4.90. The fraction of sp³-hybridized carbons (Fsp3) is 0.429. The Bertz CT molecular complexity index is 580. The first kappa shape index (κ1) is 17.6. The van der Waals surface area contributed by atoms with Gasteiger partial charge in [-0.3, -0.25) is 0 Å². The number of benzene rings is 2. The minimum absolute atomic E-state index is 0.817. The molecule has 0 unspecified atom stereocenters. The molecular formula is C21H29NO. The van der Waals surface area contributed by atoms with E-state index in [2.05, 4.69) is 61.6 Å². The van der Waals surface area contributed by atoms with Crippen molar-refractivity contribution < 1.29 is 4.74 Å². The monoisotopic (exact) mass is 311 g/mol. The molecular weight excluding hydrogens is 282 g/mol. The molecule has 0 spiro atoms. The summed E-state index contributed by atoms with van der Waals surface area (Å²) in [7, 11) is 0. The fourth-order valence-electron chi connectivity index (χ4n) is 2.63. The highest BCUT2D eigenvalue weighted by molar-refractivity contribution is 5.28. The molecule has 1 N–H and O–H groups in total. The molecule has 0 fully saturated rings. The van der Waals surface area contributed by atoms with Crippen LogP contribution < -0.4 is 10.1 Å². The van der Waals surface area contributed by atoms with Crippen LogP contribution in [0.15, 0.2) is 48.5 Å². The lowest BCUT2D eigenvalue weighted by molar-refractivity contribution is 0.306. The quantitative estimate of drug-likeness (QED) is 0.630. The zero-order valence-corrected chi connectivity index (χ0v) is 14.5. The summed E-state index contributed by atoms with van der Waals surface area (Å²) < 4.78 is 5.81. The maximum absolute atomic E-state index is 5.81. The van der Waals surface area contributed by atoms with Gasteiger partial charge in [0.05, 0.1) is 6.61 Å². The van der Waals surface area contributed by atoms with Crippen LogP contribution in [0.1, 0.15) is 42.9 Å². The third-order valence-electron chi connectivity index (χ3n) is 4.08. The minimum atomic E-state index is 0.817. The molecule has 0 atom stereocenters. The van der Waals surface area contributed by atoms with Crippen LogP contribution in [0.4, 0.5) is 0 Å². The number of rotatable bonds is 10. The lowest BCUT2D eigenvalue weighted by Gasteiger charge is -2.10. The Hall–Kier alpha value is -1.80. The van der Waals surface area contributed by atoms with E-state index in [0.717, 1.165) is 38.3 Å². The van der Waals surface area contributed by atoms with E-state index in [1.54, 1.807) is 0 Å². The highest BCUT2D eigenvalue weighted by Crippen LogP contribution is 2.14. The Labute approximate surface area is 140 Å². The normalized spacial score (nSPS) is 10.7. The van der Waals surface area contributed by atoms with Gasteiger partial charge >= 0.3 is 0 Å². The summed E-state index contributed by atoms with van der Waals surface area (Å²) in [5.74, 6) is 0.985. The van der Waals surface area contributed by atoms with Gasteiger partial charge in [0.15, 0.2) is 0 Å². The SMILES string of the molecule is CCCCCOc1cccc(CNCCc2ccccc2C)c1. The van der Waals surface area contributed by atoms with Gasteiger partial charge < -0.3 is 10.1 Å². The largest absolute Gasteiger partial charge is 0.494 e. The standard InChI is InChI=1S/C21H29NO/c1-3-4-7-15-23-21-12-8-10-19(16-21)17-22-14-13-20-11-6-5-9-18(20)2/h5-6,8-12,16,22H,3-4,7,13-15,17H2,1-2H3. The molecule has 2 nitrogen and oxygen atoms in total. The summed E-state index contributed by atoms with van der Waals surface area (Å²) in [5, 5.41) is 3.53. The molecule has 0 bridgehead atoms. The second kappa shape index (κ2) is 10.1. The van der Waals surface area contributed by atoms with Crippen molar-refractivity contribution in [1.29, 1.82) is 0 Å². The zero-order chi connectivity index (χ0) is 16.3. The Balaban J connectivity index is 1.72. The molecule has 0 saturated carbocycles. The van der Waals surface area contributed by atoms with Crippen molar-refractivity contribution in [3.05, 3.63) is 65.2 Å². The minimum Gasteiger partial charge on any atom is -0.494 e. The molecule has 0 aromatic heterocycles. The number of ether oxygens (including phenoxy) is 1. The second-order valence-electron chi connectivity index (χ2n) is 6.06. The van der Waals surface area contributed by atoms with Gasteiger partial charge in [0.2, 0.25) is 0 Å². The van der Waals surface area contributed by atoms with Crippen LogP contribution in [-0.2, 0) is 13.0 Å². The fourth-order valence-corrected chi connectivity index (χ4v) is 2.63. The van der Waals surface area contributed by atoms with Gasteiger partial charge in [-0.05, 0) is 55.1 Å². The molecule has 2 aromatic carbocycles. The predicted molar refractivity (Wildman–Crippen MR) is 98.1 cm³/mol. The van der Waals surface area contributed by atoms with E-state index in [9.17, 15) is 0 Å². The van der Waals surface area contributed by atoms with Crippen LogP contribution in [0.2, 0.25) is 0 Å². The van der Waals surface area contributed by atoms with E-state index in [-0.39, 0.29) is 0 Å². The number of hydrogen-bond acceptors (Lipinski definition) is 2. The molecule has 23 heavy (non-hydrogen) atoms. The first-order valence-corrected chi connectivity index (χ1v) is 8.76. The highest BCUT2D eigenvalue weighted by Gasteiger charge is 1.99. The van der Waals surface area contributed by atoms with Gasteiger partial charge in [0, 0.05) is 6.54 Å². The lowest BCUT2D eigenvalue weighted by Crippen LogP contribution is -2.17. The first-order valence-electron chi connectivity index (χ1n) is 8.76. The molecule has 0 saturated heterocycles. The second-order valence-corrected chi connectivity index (χ2v) is 6.06. The average molecular weight is 311 g/mol. The van der Waals surface area contributed by atoms with Crippen molar-refractivity contribution >= 4 is 0 Å². The third kappa shape index (κ3) is 6.45. The van der Waals surface area contributed by atoms with Crippen molar-refractivity contribution in [2.75, 3.05) is 13.2 Å². The molecule has 0 amide bonds. The van der Waals surface area contributed by atoms with Gasteiger partial charge in [-0.1, -0.05) is 56.2 Å². The van der Waals surface area contributed by atoms with E-state index in [0.29, 0.717) is 0 Å². The Morgan fingerprint density at radius 1 is 1.00 bits per heavy atom. The van der Waals surface area contributed by atoms with E-state index in [1.807, 2.05) is 6.07 Å². The van der Waals surface area contributed by atoms with Gasteiger partial charge in [0.1, 0.15) is 5.75 Å². The summed E-state index contributed by atoms with van der Waals surface area (Å²) in [5.41, 5.74) is 4.08. The van der Waals surface area contributed by atoms with E-state index >= 15 is 0 Å². The Kier molecular flexibility index (Phi) is 7.68. The Morgan fingerprint density at radius 3 is 2.70 bits per heavy atom. The van der Waals surface area contributed by atoms with Crippen molar-refractivity contribution in [2.24, 2.45) is 0 Å². The average Bonchev–Trinajstić information content (AvgIpc) is 2.57. The molecule has 0 aliphatic rings. The number of nitrogens with one attached hydrogen (secondary N) is 1. The van der Waals surface area contributed by atoms with Crippen molar-refractivity contribution in [1.82, 2.24) is 5.32 Å². The maximum atomic E-state index is 5.81. The topological polar surface area (TPSA) is 21.3 Å².